The SMILES string of the molecule is CC(=O)OCNC(=O)c1c(N=C=O)cc(C)c(N=C=O)c1C(F)(F)C(F)(F)C(F)(F)C(F)(F)C(F)(F)C(F)(F)C(F)(F)C(F)(F)C(F)(F)C(F)(F)C(F)(F)C(F)(F)C(F)(F)C(F)(F)C(F)(F)C(F)(F)C(F)(F)C(F)(F)C(F)(F)C(F)(F)F. The summed E-state index contributed by atoms with van der Waals surface area (Å²) in [6, 6.07) is -0.154. The Morgan fingerprint density at radius 2 is 0.634 bits per heavy atom. The van der Waals surface area contributed by atoms with Gasteiger partial charge in [-0.05, 0) is 18.6 Å². The summed E-state index contributed by atoms with van der Waals surface area (Å²) in [6.45, 7) is -1.34. The second-order valence-electron chi connectivity index (χ2n) is 15.4. The van der Waals surface area contributed by atoms with E-state index in [-0.39, 0.29) is 25.1 Å². The first-order valence-electron chi connectivity index (χ1n) is 18.4. The van der Waals surface area contributed by atoms with Crippen LogP contribution in [0.1, 0.15) is 28.4 Å². The van der Waals surface area contributed by atoms with Crippen LogP contribution in [-0.4, -0.2) is 144 Å². The van der Waals surface area contributed by atoms with Crippen molar-refractivity contribution in [2.75, 3.05) is 6.73 Å². The zero-order valence-corrected chi connectivity index (χ0v) is 36.7. The number of benzene rings is 1. The number of alkyl halides is 41. The molecule has 0 radical (unpaired) electrons. The molecular formula is C33H10F41N3O5. The van der Waals surface area contributed by atoms with Crippen LogP contribution in [0.15, 0.2) is 16.1 Å². The van der Waals surface area contributed by atoms with E-state index in [2.05, 4.69) is 14.7 Å². The molecule has 474 valence electrons. The molecule has 0 saturated heterocycles. The van der Waals surface area contributed by atoms with Crippen LogP contribution in [0.3, 0.4) is 0 Å². The summed E-state index contributed by atoms with van der Waals surface area (Å²) in [6.07, 6.45) is -8.29. The summed E-state index contributed by atoms with van der Waals surface area (Å²) in [5.41, 5.74) is -13.0. The van der Waals surface area contributed by atoms with E-state index in [0.717, 1.165) is 5.32 Å². The van der Waals surface area contributed by atoms with Gasteiger partial charge in [0.05, 0.1) is 22.5 Å². The molecule has 82 heavy (non-hydrogen) atoms. The summed E-state index contributed by atoms with van der Waals surface area (Å²) in [7, 11) is 0. The smallest absolute Gasteiger partial charge is 0.445 e. The van der Waals surface area contributed by atoms with Crippen molar-refractivity contribution in [2.24, 2.45) is 9.98 Å². The van der Waals surface area contributed by atoms with Gasteiger partial charge >= 0.3 is 125 Å². The Balaban J connectivity index is 4.38. The van der Waals surface area contributed by atoms with E-state index in [1.165, 1.54) is 0 Å². The molecule has 0 aliphatic carbocycles. The lowest BCUT2D eigenvalue weighted by molar-refractivity contribution is -0.495. The first-order valence-corrected chi connectivity index (χ1v) is 18.4. The molecule has 0 unspecified atom stereocenters. The summed E-state index contributed by atoms with van der Waals surface area (Å²) >= 11 is 0. The van der Waals surface area contributed by atoms with Gasteiger partial charge in [0.15, 0.2) is 6.73 Å². The van der Waals surface area contributed by atoms with E-state index in [4.69, 9.17) is 0 Å². The van der Waals surface area contributed by atoms with Crippen molar-refractivity contribution in [2.45, 2.75) is 133 Å². The molecule has 1 aromatic rings. The Labute approximate surface area is 417 Å². The fourth-order valence-electron chi connectivity index (χ4n) is 5.63. The molecule has 0 aromatic heterocycles. The number of hydrogen-bond acceptors (Lipinski definition) is 7. The molecule has 1 rings (SSSR count). The highest BCUT2D eigenvalue weighted by Gasteiger charge is 3.03. The van der Waals surface area contributed by atoms with Crippen molar-refractivity contribution in [3.8, 4) is 0 Å². The minimum atomic E-state index is -10.8. The lowest BCUT2D eigenvalue weighted by atomic mass is 9.81. The highest BCUT2D eigenvalue weighted by molar-refractivity contribution is 6.03. The average Bonchev–Trinajstić information content (AvgIpc) is 3.27. The van der Waals surface area contributed by atoms with Gasteiger partial charge in [0.25, 0.3) is 5.91 Å². The lowest BCUT2D eigenvalue weighted by Crippen LogP contribution is -2.80. The molecule has 0 heterocycles. The third kappa shape index (κ3) is 9.22. The van der Waals surface area contributed by atoms with E-state index in [9.17, 15) is 173 Å². The van der Waals surface area contributed by atoms with Gasteiger partial charge < -0.3 is 10.1 Å². The molecule has 0 fully saturated rings. The summed E-state index contributed by atoms with van der Waals surface area (Å²) in [5.74, 6) is -197. The number of carbonyl (C=O) groups is 2. The molecule has 0 saturated carbocycles. The van der Waals surface area contributed by atoms with Gasteiger partial charge in [0.1, 0.15) is 0 Å². The van der Waals surface area contributed by atoms with Gasteiger partial charge in [0.2, 0.25) is 12.2 Å². The molecule has 0 atom stereocenters. The monoisotopic (exact) mass is 1310 g/mol. The van der Waals surface area contributed by atoms with Crippen LogP contribution in [0.25, 0.3) is 0 Å². The van der Waals surface area contributed by atoms with Crippen LogP contribution in [-0.2, 0) is 25.0 Å². The fourth-order valence-corrected chi connectivity index (χ4v) is 5.63. The number of isocyanates is 2. The predicted molar refractivity (Wildman–Crippen MR) is 170 cm³/mol. The standard InChI is InChI=1S/C33H10F41N3O5/c1-7-3-9(75-4-78)10(13(81)77-6-82-8(2)80)11(12(7)76-5-79)14(34,35)15(36,37)16(38,39)17(40,41)18(42,43)19(44,45)20(46,47)21(48,49)22(50,51)23(52,53)24(54,55)25(56,57)26(58,59)27(60,61)28(62,63)29(64,65)30(66,67)31(68,69)32(70,71)33(72,73)74/h3H,6H2,1-2H3,(H,77,81). The van der Waals surface area contributed by atoms with Crippen molar-refractivity contribution in [1.29, 1.82) is 0 Å². The zero-order valence-electron chi connectivity index (χ0n) is 36.7. The zero-order chi connectivity index (χ0) is 66.7. The maximum absolute atomic E-state index is 15.8. The number of nitrogens with one attached hydrogen (secondary N) is 1. The normalized spacial score (nSPS) is 15.6. The molecule has 1 N–H and O–H groups in total. The van der Waals surface area contributed by atoms with E-state index >= 15 is 26.3 Å². The highest BCUT2D eigenvalue weighted by atomic mass is 19.4. The molecule has 0 aliphatic heterocycles. The van der Waals surface area contributed by atoms with Crippen LogP contribution in [0.5, 0.6) is 0 Å². The topological polar surface area (TPSA) is 114 Å². The number of hydrogen-bond donors (Lipinski definition) is 1. The average molecular weight is 1310 g/mol. The summed E-state index contributed by atoms with van der Waals surface area (Å²) < 4.78 is 586. The Bertz CT molecular complexity index is 2710. The van der Waals surface area contributed by atoms with E-state index in [0.29, 0.717) is 6.92 Å². The first kappa shape index (κ1) is 74.1. The number of aliphatic imine (C=N–C) groups is 2. The number of amides is 1. The molecular weight excluding hydrogens is 1300 g/mol. The van der Waals surface area contributed by atoms with Gasteiger partial charge in [0, 0.05) is 6.92 Å². The minimum absolute atomic E-state index is 0.0410. The van der Waals surface area contributed by atoms with Crippen LogP contribution in [0.4, 0.5) is 191 Å². The largest absolute Gasteiger partial charge is 0.460 e. The number of halogens is 41. The third-order valence-corrected chi connectivity index (χ3v) is 10.3. The first-order chi connectivity index (χ1) is 35.4. The second kappa shape index (κ2) is 20.1. The van der Waals surface area contributed by atoms with E-state index in [1.54, 1.807) is 0 Å². The number of ether oxygens (including phenoxy) is 1. The van der Waals surface area contributed by atoms with Crippen molar-refractivity contribution < 1.29 is 204 Å². The van der Waals surface area contributed by atoms with E-state index in [1.807, 2.05) is 0 Å². The van der Waals surface area contributed by atoms with Crippen molar-refractivity contribution >= 4 is 35.4 Å². The van der Waals surface area contributed by atoms with Gasteiger partial charge in [-0.25, -0.2) is 9.59 Å². The van der Waals surface area contributed by atoms with Crippen LogP contribution in [0.2, 0.25) is 0 Å². The van der Waals surface area contributed by atoms with Gasteiger partial charge in [-0.1, -0.05) is 0 Å². The Hall–Kier alpha value is -5.95. The predicted octanol–water partition coefficient (Wildman–Crippen LogP) is 14.3. The molecule has 0 bridgehead atoms. The maximum atomic E-state index is 15.8. The fraction of sp³-hybridized carbons (Fsp3) is 0.697. The van der Waals surface area contributed by atoms with Crippen molar-refractivity contribution in [1.82, 2.24) is 5.32 Å². The number of rotatable bonds is 24. The van der Waals surface area contributed by atoms with Crippen molar-refractivity contribution in [3.05, 3.63) is 22.8 Å². The van der Waals surface area contributed by atoms with E-state index < -0.39 is 165 Å². The summed E-state index contributed by atoms with van der Waals surface area (Å²) in [4.78, 5) is 49.9. The molecule has 8 nitrogen and oxygen atoms in total. The van der Waals surface area contributed by atoms with Gasteiger partial charge in [-0.15, -0.1) is 0 Å². The molecule has 1 aromatic carbocycles. The minimum Gasteiger partial charge on any atom is -0.445 e. The Kier molecular flexibility index (Phi) is 18.2. The number of aryl methyl sites for hydroxylation is 1. The quantitative estimate of drug-likeness (QED) is 0.0364. The third-order valence-electron chi connectivity index (χ3n) is 10.3. The number of nitrogens with zero attached hydrogens (tertiary/aromatic N) is 2. The molecule has 49 heteroatoms. The van der Waals surface area contributed by atoms with Crippen LogP contribution in [0, 0.1) is 6.92 Å². The highest BCUT2D eigenvalue weighted by Crippen LogP contribution is 2.72. The molecule has 0 aliphatic rings. The van der Waals surface area contributed by atoms with Gasteiger partial charge in [-0.2, -0.15) is 190 Å². The van der Waals surface area contributed by atoms with Crippen molar-refractivity contribution in [3.63, 3.8) is 0 Å². The lowest BCUT2D eigenvalue weighted by Gasteiger charge is -2.47. The summed E-state index contributed by atoms with van der Waals surface area (Å²) in [5, 5.41) is 0.980. The maximum Gasteiger partial charge on any atom is 0.460 e. The molecule has 1 amide bonds. The van der Waals surface area contributed by atoms with Crippen LogP contribution >= 0.6 is 0 Å². The van der Waals surface area contributed by atoms with Gasteiger partial charge in [-0.3, -0.25) is 9.59 Å². The van der Waals surface area contributed by atoms with Crippen LogP contribution < -0.4 is 5.32 Å². The number of carbonyl (C=O) groups excluding carboxylic acids is 4. The Morgan fingerprint density at radius 1 is 0.402 bits per heavy atom. The Morgan fingerprint density at radius 3 is 0.854 bits per heavy atom. The number of esters is 1. The molecule has 0 spiro atoms. The second-order valence-corrected chi connectivity index (χ2v) is 15.4.